The Hall–Kier alpha value is -2.39. The SMILES string of the molecule is [2H]c1c(O)c(C2CCN(C)CC2O)c2oc(-c3ccccc3Cl)cc(=O)c2c1OP(=O)(O)O. The number of β-amino-alcohol motifs (C(OH)–C–C–N with tert-alkyl or cyclic N) is 1. The summed E-state index contributed by atoms with van der Waals surface area (Å²) in [5.41, 5.74) is -0.616. The molecule has 1 aliphatic heterocycles. The van der Waals surface area contributed by atoms with Gasteiger partial charge in [0.05, 0.1) is 12.5 Å². The summed E-state index contributed by atoms with van der Waals surface area (Å²) in [6.45, 7) is 0.833. The number of benzene rings is 2. The van der Waals surface area contributed by atoms with Crippen LogP contribution in [0.5, 0.6) is 11.5 Å². The average molecular weight is 483 g/mol. The highest BCUT2D eigenvalue weighted by atomic mass is 35.5. The van der Waals surface area contributed by atoms with Crippen molar-refractivity contribution in [2.75, 3.05) is 20.1 Å². The zero-order valence-corrected chi connectivity index (χ0v) is 18.5. The quantitative estimate of drug-likeness (QED) is 0.413. The number of fused-ring (bicyclic) bond motifs is 1. The number of phosphoric ester groups is 1. The van der Waals surface area contributed by atoms with E-state index in [4.69, 9.17) is 17.4 Å². The molecule has 4 N–H and O–H groups in total. The van der Waals surface area contributed by atoms with Crippen molar-refractivity contribution < 1.29 is 34.9 Å². The normalized spacial score (nSPS) is 20.3. The molecule has 2 unspecified atom stereocenters. The van der Waals surface area contributed by atoms with Crippen molar-refractivity contribution in [1.29, 1.82) is 0 Å². The van der Waals surface area contributed by atoms with Gasteiger partial charge < -0.3 is 24.1 Å². The van der Waals surface area contributed by atoms with Gasteiger partial charge in [0, 0.05) is 35.7 Å². The molecule has 2 heterocycles. The molecule has 1 fully saturated rings. The van der Waals surface area contributed by atoms with E-state index in [9.17, 15) is 29.4 Å². The summed E-state index contributed by atoms with van der Waals surface area (Å²) in [7, 11) is -3.37. The van der Waals surface area contributed by atoms with Crippen LogP contribution in [0.1, 0.15) is 19.3 Å². The van der Waals surface area contributed by atoms with Crippen molar-refractivity contribution in [2.24, 2.45) is 0 Å². The van der Waals surface area contributed by atoms with E-state index < -0.39 is 48.2 Å². The van der Waals surface area contributed by atoms with Crippen molar-refractivity contribution in [1.82, 2.24) is 4.90 Å². The zero-order chi connectivity index (χ0) is 24.1. The topological polar surface area (TPSA) is 141 Å². The number of phenols is 1. The summed E-state index contributed by atoms with van der Waals surface area (Å²) in [5.74, 6) is -2.16. The standard InChI is InChI=1S/C21H21ClNO8P/c1-23-7-6-12(16(26)10-23)19-14(24)9-18(31-32(27,28)29)20-15(25)8-17(30-21(19)20)11-4-2-3-5-13(11)22/h2-5,8-9,12,16,24,26H,6-7,10H2,1H3,(H2,27,28,29)/i9D. The molecule has 11 heteroatoms. The fourth-order valence-corrected chi connectivity index (χ4v) is 4.60. The number of nitrogens with zero attached hydrogens (tertiary/aromatic N) is 1. The fraction of sp³-hybridized carbons (Fsp3) is 0.286. The van der Waals surface area contributed by atoms with Gasteiger partial charge in [-0.15, -0.1) is 0 Å². The minimum atomic E-state index is -5.19. The van der Waals surface area contributed by atoms with E-state index in [-0.39, 0.29) is 28.5 Å². The number of hydrogen-bond donors (Lipinski definition) is 4. The molecule has 4 rings (SSSR count). The van der Waals surface area contributed by atoms with E-state index in [0.717, 1.165) is 6.07 Å². The number of halogens is 1. The number of likely N-dealkylation sites (tertiary alicyclic amines) is 1. The molecule has 0 radical (unpaired) electrons. The molecule has 1 aromatic heterocycles. The number of rotatable bonds is 4. The first-order chi connectivity index (χ1) is 15.5. The van der Waals surface area contributed by atoms with Crippen molar-refractivity contribution in [2.45, 2.75) is 18.4 Å². The number of phosphoric acid groups is 1. The summed E-state index contributed by atoms with van der Waals surface area (Å²) in [6.07, 6.45) is -0.585. The van der Waals surface area contributed by atoms with Gasteiger partial charge in [0.2, 0.25) is 0 Å². The van der Waals surface area contributed by atoms with Crippen LogP contribution in [0.3, 0.4) is 0 Å². The monoisotopic (exact) mass is 482 g/mol. The van der Waals surface area contributed by atoms with E-state index >= 15 is 0 Å². The molecule has 3 aromatic rings. The Bertz CT molecular complexity index is 1340. The first kappa shape index (κ1) is 21.5. The highest BCUT2D eigenvalue weighted by Gasteiger charge is 2.34. The van der Waals surface area contributed by atoms with Gasteiger partial charge in [0.25, 0.3) is 0 Å². The van der Waals surface area contributed by atoms with Gasteiger partial charge in [-0.05, 0) is 32.1 Å². The minimum absolute atomic E-state index is 0.000310. The van der Waals surface area contributed by atoms with Crippen LogP contribution in [0.4, 0.5) is 0 Å². The number of phenolic OH excluding ortho intramolecular Hbond substituents is 1. The lowest BCUT2D eigenvalue weighted by Gasteiger charge is -2.34. The highest BCUT2D eigenvalue weighted by molar-refractivity contribution is 7.46. The Morgan fingerprint density at radius 1 is 1.34 bits per heavy atom. The zero-order valence-electron chi connectivity index (χ0n) is 17.9. The lowest BCUT2D eigenvalue weighted by atomic mass is 9.85. The predicted octanol–water partition coefficient (Wildman–Crippen LogP) is 3.07. The van der Waals surface area contributed by atoms with Crippen LogP contribution in [0.2, 0.25) is 5.02 Å². The predicted molar refractivity (Wildman–Crippen MR) is 118 cm³/mol. The Balaban J connectivity index is 2.08. The third kappa shape index (κ3) is 4.41. The van der Waals surface area contributed by atoms with E-state index in [1.165, 1.54) is 0 Å². The largest absolute Gasteiger partial charge is 0.524 e. The number of aliphatic hydroxyl groups excluding tert-OH is 1. The molecular formula is C21H21ClNO8P. The summed E-state index contributed by atoms with van der Waals surface area (Å²) in [5, 5.41) is 21.5. The molecule has 0 amide bonds. The summed E-state index contributed by atoms with van der Waals surface area (Å²) in [6, 6.07) is 6.86. The first-order valence-corrected chi connectivity index (χ1v) is 11.6. The van der Waals surface area contributed by atoms with Gasteiger partial charge in [0.1, 0.15) is 28.2 Å². The van der Waals surface area contributed by atoms with E-state index in [1.54, 1.807) is 24.3 Å². The maximum Gasteiger partial charge on any atom is 0.524 e. The second-order valence-corrected chi connectivity index (χ2v) is 9.25. The Kier molecular flexibility index (Phi) is 5.71. The van der Waals surface area contributed by atoms with Gasteiger partial charge in [0.15, 0.2) is 5.43 Å². The van der Waals surface area contributed by atoms with Gasteiger partial charge in [-0.1, -0.05) is 23.7 Å². The first-order valence-electron chi connectivity index (χ1n) is 10.2. The van der Waals surface area contributed by atoms with Gasteiger partial charge >= 0.3 is 7.82 Å². The molecule has 32 heavy (non-hydrogen) atoms. The van der Waals surface area contributed by atoms with Crippen LogP contribution in [0, 0.1) is 0 Å². The molecule has 0 bridgehead atoms. The third-order valence-corrected chi connectivity index (χ3v) is 6.16. The van der Waals surface area contributed by atoms with Crippen LogP contribution in [0.15, 0.2) is 45.6 Å². The third-order valence-electron chi connectivity index (χ3n) is 5.41. The second-order valence-electron chi connectivity index (χ2n) is 7.68. The molecule has 0 aliphatic carbocycles. The molecule has 1 saturated heterocycles. The van der Waals surface area contributed by atoms with E-state index in [0.29, 0.717) is 18.5 Å². The maximum atomic E-state index is 13.2. The van der Waals surface area contributed by atoms with Crippen LogP contribution in [-0.2, 0) is 4.57 Å². The Labute approximate surface area is 189 Å². The fourth-order valence-electron chi connectivity index (χ4n) is 3.99. The van der Waals surface area contributed by atoms with Crippen molar-refractivity contribution >= 4 is 30.4 Å². The van der Waals surface area contributed by atoms with Gasteiger partial charge in [-0.3, -0.25) is 14.6 Å². The van der Waals surface area contributed by atoms with E-state index in [2.05, 4.69) is 4.52 Å². The molecule has 0 spiro atoms. The summed E-state index contributed by atoms with van der Waals surface area (Å²) in [4.78, 5) is 33.7. The highest BCUT2D eigenvalue weighted by Crippen LogP contribution is 2.47. The number of aromatic hydroxyl groups is 1. The Morgan fingerprint density at radius 2 is 2.06 bits per heavy atom. The number of piperidine rings is 1. The number of hydrogen-bond acceptors (Lipinski definition) is 7. The van der Waals surface area contributed by atoms with Gasteiger partial charge in [-0.2, -0.15) is 0 Å². The summed E-state index contributed by atoms with van der Waals surface area (Å²) < 4.78 is 30.4. The van der Waals surface area contributed by atoms with Crippen LogP contribution in [-0.4, -0.2) is 51.1 Å². The minimum Gasteiger partial charge on any atom is -0.507 e. The van der Waals surface area contributed by atoms with Crippen LogP contribution < -0.4 is 9.95 Å². The van der Waals surface area contributed by atoms with Gasteiger partial charge in [-0.25, -0.2) is 4.57 Å². The number of aliphatic hydroxyl groups is 1. The second kappa shape index (κ2) is 8.51. The average Bonchev–Trinajstić information content (AvgIpc) is 2.72. The van der Waals surface area contributed by atoms with Crippen LogP contribution in [0.25, 0.3) is 22.3 Å². The number of likely N-dealkylation sites (N-methyl/N-ethyl adjacent to an activating group) is 1. The smallest absolute Gasteiger partial charge is 0.507 e. The summed E-state index contributed by atoms with van der Waals surface area (Å²) >= 11 is 6.25. The van der Waals surface area contributed by atoms with Crippen LogP contribution >= 0.6 is 19.4 Å². The Morgan fingerprint density at radius 3 is 2.72 bits per heavy atom. The molecule has 170 valence electrons. The van der Waals surface area contributed by atoms with Crippen molar-refractivity contribution in [3.8, 4) is 22.8 Å². The molecule has 0 saturated carbocycles. The molecule has 2 atom stereocenters. The molecule has 2 aromatic carbocycles. The molecule has 1 aliphatic rings. The molecular weight excluding hydrogens is 461 g/mol. The lowest BCUT2D eigenvalue weighted by molar-refractivity contribution is 0.0630. The van der Waals surface area contributed by atoms with Crippen molar-refractivity contribution in [3.05, 3.63) is 57.2 Å². The maximum absolute atomic E-state index is 13.2. The lowest BCUT2D eigenvalue weighted by Crippen LogP contribution is -2.40. The molecule has 9 nitrogen and oxygen atoms in total. The van der Waals surface area contributed by atoms with Crippen molar-refractivity contribution in [3.63, 3.8) is 0 Å². The van der Waals surface area contributed by atoms with E-state index in [1.807, 2.05) is 11.9 Å².